The monoisotopic (exact) mass is 535 g/mol. The van der Waals surface area contributed by atoms with Gasteiger partial charge in [0.05, 0.1) is 25.1 Å². The summed E-state index contributed by atoms with van der Waals surface area (Å²) in [5.41, 5.74) is 6.27. The molecule has 2 N–H and O–H groups in total. The molecule has 0 aliphatic carbocycles. The van der Waals surface area contributed by atoms with Crippen molar-refractivity contribution < 1.29 is 9.53 Å². The summed E-state index contributed by atoms with van der Waals surface area (Å²) in [7, 11) is 1.88. The third kappa shape index (κ3) is 5.27. The van der Waals surface area contributed by atoms with Gasteiger partial charge in [0.2, 0.25) is 11.9 Å². The fourth-order valence-electron chi connectivity index (χ4n) is 4.58. The van der Waals surface area contributed by atoms with Gasteiger partial charge in [0.25, 0.3) is 0 Å². The van der Waals surface area contributed by atoms with E-state index in [1.165, 1.54) is 6.08 Å². The molecule has 11 heteroatoms. The third-order valence-electron chi connectivity index (χ3n) is 6.73. The molecule has 0 radical (unpaired) electrons. The van der Waals surface area contributed by atoms with Gasteiger partial charge in [-0.15, -0.1) is 0 Å². The zero-order valence-corrected chi connectivity index (χ0v) is 22.1. The second-order valence-electron chi connectivity index (χ2n) is 9.45. The Morgan fingerprint density at radius 3 is 2.45 bits per heavy atom. The van der Waals surface area contributed by atoms with Gasteiger partial charge in [0, 0.05) is 38.6 Å². The summed E-state index contributed by atoms with van der Waals surface area (Å²) < 4.78 is 9.22. The van der Waals surface area contributed by atoms with Crippen LogP contribution in [0.4, 0.5) is 17.5 Å². The van der Waals surface area contributed by atoms with Crippen LogP contribution in [0.3, 0.4) is 0 Å². The summed E-state index contributed by atoms with van der Waals surface area (Å²) in [5.74, 6) is 1.09. The second kappa shape index (κ2) is 11.0. The predicted molar refractivity (Wildman–Crippen MR) is 154 cm³/mol. The summed E-state index contributed by atoms with van der Waals surface area (Å²) in [4.78, 5) is 28.1. The van der Waals surface area contributed by atoms with Gasteiger partial charge < -0.3 is 20.3 Å². The van der Waals surface area contributed by atoms with E-state index in [4.69, 9.17) is 14.7 Å². The first kappa shape index (κ1) is 25.3. The number of anilines is 3. The lowest BCUT2D eigenvalue weighted by molar-refractivity contribution is -0.111. The minimum atomic E-state index is -0.230. The number of benzene rings is 2. The third-order valence-corrected chi connectivity index (χ3v) is 6.73. The van der Waals surface area contributed by atoms with E-state index < -0.39 is 0 Å². The first-order valence-electron chi connectivity index (χ1n) is 13.0. The van der Waals surface area contributed by atoms with Gasteiger partial charge in [0.15, 0.2) is 17.0 Å². The quantitative estimate of drug-likeness (QED) is 0.289. The Morgan fingerprint density at radius 2 is 1.77 bits per heavy atom. The highest BCUT2D eigenvalue weighted by molar-refractivity contribution is 5.99. The maximum atomic E-state index is 11.5. The molecular weight excluding hydrogens is 506 g/mol. The summed E-state index contributed by atoms with van der Waals surface area (Å²) in [5, 5.41) is 10.6. The number of aromatic nitrogens is 6. The van der Waals surface area contributed by atoms with Crippen LogP contribution >= 0.6 is 0 Å². The fourth-order valence-corrected chi connectivity index (χ4v) is 4.58. The van der Waals surface area contributed by atoms with Crippen LogP contribution in [0.5, 0.6) is 0 Å². The Hall–Kier alpha value is -5.03. The summed E-state index contributed by atoms with van der Waals surface area (Å²) in [6.07, 6.45) is 6.73. The smallest absolute Gasteiger partial charge is 0.247 e. The van der Waals surface area contributed by atoms with Crippen molar-refractivity contribution in [2.75, 3.05) is 41.8 Å². The van der Waals surface area contributed by atoms with Gasteiger partial charge in [0.1, 0.15) is 6.33 Å². The number of nitrogens with zero attached hydrogens (tertiary/aromatic N) is 7. The normalized spacial score (nSPS) is 13.4. The molecular formula is C29H29N9O2. The number of ether oxygens (including phenoxy) is 1. The second-order valence-corrected chi connectivity index (χ2v) is 9.45. The largest absolute Gasteiger partial charge is 0.378 e. The molecule has 1 saturated heterocycles. The Labute approximate surface area is 231 Å². The minimum absolute atomic E-state index is 0.230. The number of fused-ring (bicyclic) bond motifs is 1. The van der Waals surface area contributed by atoms with Gasteiger partial charge in [-0.3, -0.25) is 14.0 Å². The van der Waals surface area contributed by atoms with Crippen LogP contribution in [-0.4, -0.2) is 61.5 Å². The van der Waals surface area contributed by atoms with E-state index in [1.54, 1.807) is 17.2 Å². The Kier molecular flexibility index (Phi) is 6.94. The van der Waals surface area contributed by atoms with Crippen LogP contribution in [0.15, 0.2) is 79.9 Å². The van der Waals surface area contributed by atoms with Crippen LogP contribution in [-0.2, 0) is 23.1 Å². The minimum Gasteiger partial charge on any atom is -0.378 e. The van der Waals surface area contributed by atoms with E-state index in [1.807, 2.05) is 42.1 Å². The molecule has 1 aliphatic rings. The first-order chi connectivity index (χ1) is 19.6. The maximum absolute atomic E-state index is 11.5. The Balaban J connectivity index is 1.23. The Bertz CT molecular complexity index is 1650. The molecule has 5 aromatic rings. The number of carbonyl (C=O) groups excluding carboxylic acids is 1. The number of imidazole rings is 1. The number of nitrogens with one attached hydrogen (secondary N) is 2. The Morgan fingerprint density at radius 1 is 1.05 bits per heavy atom. The fraction of sp³-hybridized carbons (Fsp3) is 0.207. The van der Waals surface area contributed by atoms with Crippen molar-refractivity contribution in [2.24, 2.45) is 7.05 Å². The molecule has 1 fully saturated rings. The molecule has 3 aromatic heterocycles. The lowest BCUT2D eigenvalue weighted by Crippen LogP contribution is -2.37. The lowest BCUT2D eigenvalue weighted by Gasteiger charge is -2.27. The van der Waals surface area contributed by atoms with Gasteiger partial charge in [-0.2, -0.15) is 15.1 Å². The highest BCUT2D eigenvalue weighted by Gasteiger charge is 2.20. The van der Waals surface area contributed by atoms with Gasteiger partial charge in [-0.1, -0.05) is 43.0 Å². The lowest BCUT2D eigenvalue weighted by atomic mass is 10.0. The average molecular weight is 536 g/mol. The molecule has 11 nitrogen and oxygen atoms in total. The topological polar surface area (TPSA) is 115 Å². The number of amides is 1. The molecule has 0 spiro atoms. The number of morpholine rings is 1. The number of aryl methyl sites for hydroxylation is 1. The summed E-state index contributed by atoms with van der Waals surface area (Å²) in [6.45, 7) is 6.80. The van der Waals surface area contributed by atoms with E-state index in [0.717, 1.165) is 46.8 Å². The van der Waals surface area contributed by atoms with Crippen molar-refractivity contribution in [3.8, 4) is 16.8 Å². The van der Waals surface area contributed by atoms with Gasteiger partial charge in [-0.25, -0.2) is 4.98 Å². The van der Waals surface area contributed by atoms with Crippen molar-refractivity contribution in [3.05, 3.63) is 85.5 Å². The zero-order chi connectivity index (χ0) is 27.5. The molecule has 0 saturated carbocycles. The predicted octanol–water partition coefficient (Wildman–Crippen LogP) is 3.79. The van der Waals surface area contributed by atoms with E-state index >= 15 is 0 Å². The molecule has 0 bridgehead atoms. The standard InChI is InChI=1S/C29H29N9O2/c1-3-25(39)33-23-10-8-22(9-11-23)21-6-4-20(5-7-21)16-30-27-26-28(35-29(34-27)37-12-14-40-15-13-37)38(19-31-26)24-17-32-36(2)18-24/h3-11,17-19H,1,12-16H2,2H3,(H,33,39)(H,30,34,35). The average Bonchev–Trinajstić information content (AvgIpc) is 3.63. The maximum Gasteiger partial charge on any atom is 0.247 e. The van der Waals surface area contributed by atoms with E-state index in [0.29, 0.717) is 37.0 Å². The highest BCUT2D eigenvalue weighted by atomic mass is 16.5. The number of carbonyl (C=O) groups is 1. The van der Waals surface area contributed by atoms with E-state index in [-0.39, 0.29) is 5.91 Å². The molecule has 1 aliphatic heterocycles. The molecule has 202 valence electrons. The summed E-state index contributed by atoms with van der Waals surface area (Å²) >= 11 is 0. The van der Waals surface area contributed by atoms with Gasteiger partial charge >= 0.3 is 0 Å². The highest BCUT2D eigenvalue weighted by Crippen LogP contribution is 2.27. The summed E-state index contributed by atoms with van der Waals surface area (Å²) in [6, 6.07) is 16.1. The first-order valence-corrected chi connectivity index (χ1v) is 13.0. The number of hydrogen-bond donors (Lipinski definition) is 2. The zero-order valence-electron chi connectivity index (χ0n) is 22.1. The van der Waals surface area contributed by atoms with Crippen LogP contribution < -0.4 is 15.5 Å². The van der Waals surface area contributed by atoms with Crippen molar-refractivity contribution in [3.63, 3.8) is 0 Å². The van der Waals surface area contributed by atoms with Crippen LogP contribution in [0.25, 0.3) is 28.0 Å². The molecule has 2 aromatic carbocycles. The van der Waals surface area contributed by atoms with E-state index in [2.05, 4.69) is 56.5 Å². The van der Waals surface area contributed by atoms with Gasteiger partial charge in [-0.05, 0) is 34.9 Å². The molecule has 40 heavy (non-hydrogen) atoms. The molecule has 0 atom stereocenters. The van der Waals surface area contributed by atoms with Crippen molar-refractivity contribution in [1.82, 2.24) is 29.3 Å². The van der Waals surface area contributed by atoms with Crippen molar-refractivity contribution in [1.29, 1.82) is 0 Å². The van der Waals surface area contributed by atoms with Crippen LogP contribution in [0, 0.1) is 0 Å². The van der Waals surface area contributed by atoms with Crippen LogP contribution in [0.1, 0.15) is 5.56 Å². The van der Waals surface area contributed by atoms with Crippen LogP contribution in [0.2, 0.25) is 0 Å². The van der Waals surface area contributed by atoms with Crippen molar-refractivity contribution in [2.45, 2.75) is 6.54 Å². The van der Waals surface area contributed by atoms with E-state index in [9.17, 15) is 4.79 Å². The molecule has 4 heterocycles. The molecule has 0 unspecified atom stereocenters. The number of hydrogen-bond acceptors (Lipinski definition) is 8. The number of rotatable bonds is 8. The van der Waals surface area contributed by atoms with Crippen molar-refractivity contribution >= 4 is 34.5 Å². The SMILES string of the molecule is C=CC(=O)Nc1ccc(-c2ccc(CNc3nc(N4CCOCC4)nc4c3ncn4-c3cnn(C)c3)cc2)cc1. The molecule has 6 rings (SSSR count). The molecule has 1 amide bonds.